The largest absolute Gasteiger partial charge is 0.376 e. The van der Waals surface area contributed by atoms with E-state index in [0.717, 1.165) is 35.3 Å². The van der Waals surface area contributed by atoms with Crippen LogP contribution in [0.5, 0.6) is 0 Å². The summed E-state index contributed by atoms with van der Waals surface area (Å²) in [6.07, 6.45) is 1.89. The first-order chi connectivity index (χ1) is 16.9. The van der Waals surface area contributed by atoms with Gasteiger partial charge in [0.15, 0.2) is 0 Å². The highest BCUT2D eigenvalue weighted by atomic mass is 16.2. The zero-order chi connectivity index (χ0) is 24.8. The average molecular weight is 471 g/mol. The maximum Gasteiger partial charge on any atom is 0.251 e. The molecule has 0 aliphatic heterocycles. The van der Waals surface area contributed by atoms with E-state index in [9.17, 15) is 14.4 Å². The highest BCUT2D eigenvalue weighted by Gasteiger charge is 2.29. The van der Waals surface area contributed by atoms with Crippen LogP contribution in [0.25, 0.3) is 0 Å². The molecule has 0 aromatic heterocycles. The smallest absolute Gasteiger partial charge is 0.251 e. The van der Waals surface area contributed by atoms with Crippen LogP contribution in [-0.4, -0.2) is 24.3 Å². The van der Waals surface area contributed by atoms with Gasteiger partial charge in [0, 0.05) is 28.5 Å². The van der Waals surface area contributed by atoms with Gasteiger partial charge >= 0.3 is 0 Å². The van der Waals surface area contributed by atoms with Crippen molar-refractivity contribution in [2.75, 3.05) is 22.5 Å². The van der Waals surface area contributed by atoms with Crippen molar-refractivity contribution in [2.45, 2.75) is 32.7 Å². The Morgan fingerprint density at radius 1 is 0.857 bits per heavy atom. The maximum atomic E-state index is 12.6. The van der Waals surface area contributed by atoms with Crippen LogP contribution in [-0.2, 0) is 9.59 Å². The molecule has 4 N–H and O–H groups in total. The van der Waals surface area contributed by atoms with Gasteiger partial charge in [-0.3, -0.25) is 14.4 Å². The van der Waals surface area contributed by atoms with Crippen molar-refractivity contribution in [1.29, 1.82) is 0 Å². The first-order valence-corrected chi connectivity index (χ1v) is 11.8. The molecule has 1 atom stereocenters. The normalized spacial score (nSPS) is 13.4. The lowest BCUT2D eigenvalue weighted by Gasteiger charge is -2.15. The molecule has 3 aromatic carbocycles. The molecule has 0 radical (unpaired) electrons. The van der Waals surface area contributed by atoms with E-state index in [-0.39, 0.29) is 36.2 Å². The molecule has 0 spiro atoms. The van der Waals surface area contributed by atoms with Crippen molar-refractivity contribution >= 4 is 34.8 Å². The van der Waals surface area contributed by atoms with Crippen molar-refractivity contribution < 1.29 is 14.4 Å². The standard InChI is InChI=1S/C28H30N4O3/c1-18-24(9-6-10-25(18)32-28(35)21-11-12-21)29-17-26(33)31-23-15-13-22(14-16-23)27(34)30-19(2)20-7-4-3-5-8-20/h3-10,13-16,19,21,29H,11-12,17H2,1-2H3,(H,30,34)(H,31,33)(H,32,35). The number of hydrogen-bond donors (Lipinski definition) is 4. The van der Waals surface area contributed by atoms with Crippen molar-refractivity contribution in [1.82, 2.24) is 5.32 Å². The number of carbonyl (C=O) groups excluding carboxylic acids is 3. The Balaban J connectivity index is 1.28. The molecule has 3 aromatic rings. The molecular formula is C28H30N4O3. The van der Waals surface area contributed by atoms with E-state index in [2.05, 4.69) is 21.3 Å². The van der Waals surface area contributed by atoms with E-state index >= 15 is 0 Å². The molecule has 4 rings (SSSR count). The van der Waals surface area contributed by atoms with Crippen LogP contribution in [0.2, 0.25) is 0 Å². The Morgan fingerprint density at radius 2 is 1.54 bits per heavy atom. The summed E-state index contributed by atoms with van der Waals surface area (Å²) >= 11 is 0. The van der Waals surface area contributed by atoms with Gasteiger partial charge in [-0.15, -0.1) is 0 Å². The van der Waals surface area contributed by atoms with Gasteiger partial charge in [-0.2, -0.15) is 0 Å². The monoisotopic (exact) mass is 470 g/mol. The van der Waals surface area contributed by atoms with Gasteiger partial charge in [0.05, 0.1) is 12.6 Å². The van der Waals surface area contributed by atoms with Crippen LogP contribution in [0.1, 0.15) is 47.3 Å². The summed E-state index contributed by atoms with van der Waals surface area (Å²) in [5.74, 6) is -0.215. The van der Waals surface area contributed by atoms with Gasteiger partial charge in [-0.1, -0.05) is 36.4 Å². The van der Waals surface area contributed by atoms with Gasteiger partial charge in [0.25, 0.3) is 5.91 Å². The number of benzene rings is 3. The summed E-state index contributed by atoms with van der Waals surface area (Å²) in [5, 5.41) is 11.9. The Labute approximate surface area is 205 Å². The number of nitrogens with one attached hydrogen (secondary N) is 4. The van der Waals surface area contributed by atoms with Crippen molar-refractivity contribution in [3.8, 4) is 0 Å². The summed E-state index contributed by atoms with van der Waals surface area (Å²) in [4.78, 5) is 37.1. The van der Waals surface area contributed by atoms with E-state index in [1.807, 2.05) is 62.4 Å². The fourth-order valence-corrected chi connectivity index (χ4v) is 3.73. The molecule has 1 unspecified atom stereocenters. The second-order valence-electron chi connectivity index (χ2n) is 8.83. The van der Waals surface area contributed by atoms with Crippen LogP contribution < -0.4 is 21.3 Å². The molecule has 0 bridgehead atoms. The summed E-state index contributed by atoms with van der Waals surface area (Å²) in [6.45, 7) is 3.91. The molecule has 7 heteroatoms. The Kier molecular flexibility index (Phi) is 7.45. The molecule has 3 amide bonds. The predicted molar refractivity (Wildman–Crippen MR) is 138 cm³/mol. The van der Waals surface area contributed by atoms with E-state index in [1.54, 1.807) is 24.3 Å². The third kappa shape index (κ3) is 6.47. The van der Waals surface area contributed by atoms with Crippen LogP contribution in [0.3, 0.4) is 0 Å². The quantitative estimate of drug-likeness (QED) is 0.358. The fraction of sp³-hybridized carbons (Fsp3) is 0.250. The number of carbonyl (C=O) groups is 3. The molecule has 180 valence electrons. The molecule has 1 aliphatic rings. The topological polar surface area (TPSA) is 99.3 Å². The summed E-state index contributed by atoms with van der Waals surface area (Å²) in [6, 6.07) is 22.0. The zero-order valence-electron chi connectivity index (χ0n) is 19.9. The van der Waals surface area contributed by atoms with Crippen LogP contribution in [0, 0.1) is 12.8 Å². The second kappa shape index (κ2) is 10.9. The van der Waals surface area contributed by atoms with Crippen LogP contribution in [0.15, 0.2) is 72.8 Å². The SMILES string of the molecule is Cc1c(NCC(=O)Nc2ccc(C(=O)NC(C)c3ccccc3)cc2)cccc1NC(=O)C1CC1. The second-order valence-corrected chi connectivity index (χ2v) is 8.83. The van der Waals surface area contributed by atoms with Crippen LogP contribution >= 0.6 is 0 Å². The fourth-order valence-electron chi connectivity index (χ4n) is 3.73. The molecule has 0 heterocycles. The molecule has 35 heavy (non-hydrogen) atoms. The van der Waals surface area contributed by atoms with Gasteiger partial charge in [-0.05, 0) is 74.2 Å². The summed E-state index contributed by atoms with van der Waals surface area (Å²) < 4.78 is 0. The Hall–Kier alpha value is -4.13. The minimum atomic E-state index is -0.216. The van der Waals surface area contributed by atoms with Gasteiger partial charge in [0.2, 0.25) is 11.8 Å². The number of hydrogen-bond acceptors (Lipinski definition) is 4. The van der Waals surface area contributed by atoms with Crippen LogP contribution in [0.4, 0.5) is 17.1 Å². The molecule has 1 saturated carbocycles. The Bertz CT molecular complexity index is 1200. The minimum Gasteiger partial charge on any atom is -0.376 e. The first-order valence-electron chi connectivity index (χ1n) is 11.8. The molecule has 0 saturated heterocycles. The van der Waals surface area contributed by atoms with Crippen molar-refractivity contribution in [3.05, 3.63) is 89.5 Å². The van der Waals surface area contributed by atoms with Gasteiger partial charge in [-0.25, -0.2) is 0 Å². The number of anilines is 3. The number of amides is 3. The molecule has 7 nitrogen and oxygen atoms in total. The highest BCUT2D eigenvalue weighted by molar-refractivity contribution is 5.97. The highest BCUT2D eigenvalue weighted by Crippen LogP contribution is 2.31. The zero-order valence-corrected chi connectivity index (χ0v) is 19.9. The molecular weight excluding hydrogens is 440 g/mol. The number of rotatable bonds is 9. The van der Waals surface area contributed by atoms with E-state index < -0.39 is 0 Å². The summed E-state index contributed by atoms with van der Waals surface area (Å²) in [7, 11) is 0. The first kappa shape index (κ1) is 24.0. The van der Waals surface area contributed by atoms with Gasteiger partial charge < -0.3 is 21.3 Å². The molecule has 1 fully saturated rings. The third-order valence-corrected chi connectivity index (χ3v) is 6.06. The lowest BCUT2D eigenvalue weighted by Crippen LogP contribution is -2.26. The van der Waals surface area contributed by atoms with Gasteiger partial charge in [0.1, 0.15) is 0 Å². The van der Waals surface area contributed by atoms with E-state index in [0.29, 0.717) is 11.3 Å². The molecule has 1 aliphatic carbocycles. The average Bonchev–Trinajstić information content (AvgIpc) is 3.71. The predicted octanol–water partition coefficient (Wildman–Crippen LogP) is 4.89. The minimum absolute atomic E-state index is 0.0506. The Morgan fingerprint density at radius 3 is 2.23 bits per heavy atom. The lowest BCUT2D eigenvalue weighted by atomic mass is 10.1. The van der Waals surface area contributed by atoms with E-state index in [4.69, 9.17) is 0 Å². The lowest BCUT2D eigenvalue weighted by molar-refractivity contribution is -0.117. The van der Waals surface area contributed by atoms with Crippen molar-refractivity contribution in [2.24, 2.45) is 5.92 Å². The summed E-state index contributed by atoms with van der Waals surface area (Å²) in [5.41, 5.74) is 4.57. The van der Waals surface area contributed by atoms with Crippen molar-refractivity contribution in [3.63, 3.8) is 0 Å². The maximum absolute atomic E-state index is 12.6. The van der Waals surface area contributed by atoms with E-state index in [1.165, 1.54) is 0 Å². The third-order valence-electron chi connectivity index (χ3n) is 6.06.